The Morgan fingerprint density at radius 2 is 2.11 bits per heavy atom. The lowest BCUT2D eigenvalue weighted by Crippen LogP contribution is -2.22. The summed E-state index contributed by atoms with van der Waals surface area (Å²) in [4.78, 5) is 4.36. The van der Waals surface area contributed by atoms with Crippen LogP contribution in [0.3, 0.4) is 0 Å². The number of aromatic nitrogens is 4. The predicted octanol–water partition coefficient (Wildman–Crippen LogP) is 2.11. The highest BCUT2D eigenvalue weighted by atomic mass is 32.2. The monoisotopic (exact) mass is 279 g/mol. The van der Waals surface area contributed by atoms with E-state index in [4.69, 9.17) is 0 Å². The summed E-state index contributed by atoms with van der Waals surface area (Å²) in [6.07, 6.45) is 3.77. The number of imidazole rings is 1. The van der Waals surface area contributed by atoms with Crippen molar-refractivity contribution in [1.29, 1.82) is 0 Å². The maximum absolute atomic E-state index is 4.52. The van der Waals surface area contributed by atoms with Crippen molar-refractivity contribution < 1.29 is 0 Å². The molecule has 0 amide bonds. The minimum absolute atomic E-state index is 0.464. The molecule has 0 radical (unpaired) electrons. The fraction of sp³-hybridized carbons (Fsp3) is 0.538. The fourth-order valence-corrected chi connectivity index (χ4v) is 2.86. The van der Waals surface area contributed by atoms with Gasteiger partial charge in [-0.2, -0.15) is 5.10 Å². The van der Waals surface area contributed by atoms with Gasteiger partial charge in [-0.25, -0.2) is 4.98 Å². The molecule has 104 valence electrons. The van der Waals surface area contributed by atoms with Crippen LogP contribution >= 0.6 is 11.8 Å². The Balaban J connectivity index is 2.26. The second kappa shape index (κ2) is 5.79. The summed E-state index contributed by atoms with van der Waals surface area (Å²) in [6, 6.07) is 0.464. The Bertz CT molecular complexity index is 555. The van der Waals surface area contributed by atoms with Gasteiger partial charge < -0.3 is 9.88 Å². The minimum atomic E-state index is 0.464. The molecule has 0 aliphatic rings. The maximum Gasteiger partial charge on any atom is 0.174 e. The Morgan fingerprint density at radius 3 is 2.68 bits per heavy atom. The average molecular weight is 279 g/mol. The maximum atomic E-state index is 4.52. The van der Waals surface area contributed by atoms with Crippen LogP contribution in [-0.2, 0) is 20.6 Å². The van der Waals surface area contributed by atoms with Crippen molar-refractivity contribution in [2.75, 3.05) is 0 Å². The number of hydrogen-bond acceptors (Lipinski definition) is 4. The van der Waals surface area contributed by atoms with Crippen LogP contribution in [0.5, 0.6) is 0 Å². The van der Waals surface area contributed by atoms with Gasteiger partial charge in [-0.05, 0) is 18.7 Å². The predicted molar refractivity (Wildman–Crippen MR) is 77.3 cm³/mol. The van der Waals surface area contributed by atoms with E-state index in [1.54, 1.807) is 11.8 Å². The van der Waals surface area contributed by atoms with E-state index in [9.17, 15) is 0 Å². The quantitative estimate of drug-likeness (QED) is 0.910. The van der Waals surface area contributed by atoms with Gasteiger partial charge in [-0.1, -0.05) is 13.8 Å². The highest BCUT2D eigenvalue weighted by molar-refractivity contribution is 7.99. The van der Waals surface area contributed by atoms with Gasteiger partial charge in [0.15, 0.2) is 5.16 Å². The van der Waals surface area contributed by atoms with Crippen LogP contribution in [0.15, 0.2) is 22.6 Å². The molecule has 0 saturated heterocycles. The van der Waals surface area contributed by atoms with E-state index in [1.165, 1.54) is 5.56 Å². The van der Waals surface area contributed by atoms with Gasteiger partial charge in [0.2, 0.25) is 0 Å². The van der Waals surface area contributed by atoms with Crippen molar-refractivity contribution in [2.24, 2.45) is 14.1 Å². The molecular formula is C13H21N5S. The molecule has 0 aliphatic heterocycles. The second-order valence-corrected chi connectivity index (χ2v) is 5.91. The van der Waals surface area contributed by atoms with Crippen molar-refractivity contribution in [3.8, 4) is 0 Å². The molecule has 0 aromatic carbocycles. The highest BCUT2D eigenvalue weighted by Crippen LogP contribution is 2.30. The molecule has 0 fully saturated rings. The number of hydrogen-bond donors (Lipinski definition) is 1. The molecule has 1 N–H and O–H groups in total. The van der Waals surface area contributed by atoms with Crippen LogP contribution in [-0.4, -0.2) is 25.4 Å². The van der Waals surface area contributed by atoms with Crippen molar-refractivity contribution in [3.63, 3.8) is 0 Å². The Morgan fingerprint density at radius 1 is 1.37 bits per heavy atom. The molecule has 2 heterocycles. The fourth-order valence-electron chi connectivity index (χ4n) is 1.85. The van der Waals surface area contributed by atoms with Gasteiger partial charge in [-0.3, -0.25) is 4.68 Å². The topological polar surface area (TPSA) is 47.7 Å². The highest BCUT2D eigenvalue weighted by Gasteiger charge is 2.16. The molecule has 2 aromatic rings. The molecule has 0 atom stereocenters. The average Bonchev–Trinajstić information content (AvgIpc) is 2.83. The molecule has 2 rings (SSSR count). The molecule has 0 aliphatic carbocycles. The normalized spacial score (nSPS) is 11.5. The van der Waals surface area contributed by atoms with Gasteiger partial charge in [0.05, 0.1) is 5.69 Å². The number of aryl methyl sites for hydroxylation is 3. The van der Waals surface area contributed by atoms with E-state index in [-0.39, 0.29) is 0 Å². The lowest BCUT2D eigenvalue weighted by Gasteiger charge is -2.10. The first kappa shape index (κ1) is 14.1. The van der Waals surface area contributed by atoms with Crippen LogP contribution < -0.4 is 5.32 Å². The van der Waals surface area contributed by atoms with Gasteiger partial charge >= 0.3 is 0 Å². The number of rotatable bonds is 5. The number of nitrogens with one attached hydrogen (secondary N) is 1. The van der Waals surface area contributed by atoms with Crippen LogP contribution in [0, 0.1) is 6.92 Å². The summed E-state index contributed by atoms with van der Waals surface area (Å²) in [6.45, 7) is 7.19. The standard InChI is InChI=1S/C13H21N5S/c1-9(2)15-8-11-10(3)16-18(5)12(11)19-13-14-6-7-17(13)4/h6-7,9,15H,8H2,1-5H3. The first-order valence-electron chi connectivity index (χ1n) is 6.40. The third kappa shape index (κ3) is 3.19. The first-order valence-corrected chi connectivity index (χ1v) is 7.21. The molecule has 0 bridgehead atoms. The number of nitrogens with zero attached hydrogens (tertiary/aromatic N) is 4. The zero-order valence-electron chi connectivity index (χ0n) is 12.1. The lowest BCUT2D eigenvalue weighted by atomic mass is 10.2. The summed E-state index contributed by atoms with van der Waals surface area (Å²) >= 11 is 1.66. The van der Waals surface area contributed by atoms with E-state index >= 15 is 0 Å². The van der Waals surface area contributed by atoms with Crippen molar-refractivity contribution >= 4 is 11.8 Å². The first-order chi connectivity index (χ1) is 8.99. The zero-order chi connectivity index (χ0) is 14.0. The van der Waals surface area contributed by atoms with Crippen molar-refractivity contribution in [2.45, 2.75) is 43.5 Å². The third-order valence-corrected chi connectivity index (χ3v) is 4.22. The van der Waals surface area contributed by atoms with E-state index in [1.807, 2.05) is 35.7 Å². The second-order valence-electron chi connectivity index (χ2n) is 4.95. The van der Waals surface area contributed by atoms with E-state index < -0.39 is 0 Å². The molecule has 5 nitrogen and oxygen atoms in total. The van der Waals surface area contributed by atoms with Crippen LogP contribution in [0.2, 0.25) is 0 Å². The van der Waals surface area contributed by atoms with E-state index in [2.05, 4.69) is 36.2 Å². The molecule has 6 heteroatoms. The largest absolute Gasteiger partial charge is 0.329 e. The Hall–Kier alpha value is -1.27. The summed E-state index contributed by atoms with van der Waals surface area (Å²) in [5.41, 5.74) is 2.33. The third-order valence-electron chi connectivity index (χ3n) is 2.94. The summed E-state index contributed by atoms with van der Waals surface area (Å²) in [5.74, 6) is 0. The lowest BCUT2D eigenvalue weighted by molar-refractivity contribution is 0.580. The van der Waals surface area contributed by atoms with Gasteiger partial charge in [0.1, 0.15) is 5.03 Å². The SMILES string of the molecule is Cc1nn(C)c(Sc2nccn2C)c1CNC(C)C. The smallest absolute Gasteiger partial charge is 0.174 e. The molecule has 0 spiro atoms. The molecule has 0 unspecified atom stereocenters. The molecule has 19 heavy (non-hydrogen) atoms. The minimum Gasteiger partial charge on any atom is -0.329 e. The van der Waals surface area contributed by atoms with E-state index in [0.717, 1.165) is 22.4 Å². The van der Waals surface area contributed by atoms with Gasteiger partial charge in [0, 0.05) is 44.6 Å². The molecular weight excluding hydrogens is 258 g/mol. The van der Waals surface area contributed by atoms with Gasteiger partial charge in [0.25, 0.3) is 0 Å². The Kier molecular flexibility index (Phi) is 4.31. The Labute approximate surface area is 118 Å². The van der Waals surface area contributed by atoms with Crippen LogP contribution in [0.25, 0.3) is 0 Å². The molecule has 2 aromatic heterocycles. The summed E-state index contributed by atoms with van der Waals surface area (Å²) < 4.78 is 3.96. The molecule has 0 saturated carbocycles. The van der Waals surface area contributed by atoms with Crippen LogP contribution in [0.4, 0.5) is 0 Å². The summed E-state index contributed by atoms with van der Waals surface area (Å²) in [7, 11) is 3.99. The van der Waals surface area contributed by atoms with E-state index in [0.29, 0.717) is 6.04 Å². The van der Waals surface area contributed by atoms with Gasteiger partial charge in [-0.15, -0.1) is 0 Å². The zero-order valence-corrected chi connectivity index (χ0v) is 13.0. The summed E-state index contributed by atoms with van der Waals surface area (Å²) in [5, 5.41) is 10.1. The van der Waals surface area contributed by atoms with Crippen molar-refractivity contribution in [1.82, 2.24) is 24.6 Å². The van der Waals surface area contributed by atoms with Crippen LogP contribution in [0.1, 0.15) is 25.1 Å². The van der Waals surface area contributed by atoms with Crippen molar-refractivity contribution in [3.05, 3.63) is 23.7 Å².